The van der Waals surface area contributed by atoms with Gasteiger partial charge in [-0.1, -0.05) is 36.4 Å². The van der Waals surface area contributed by atoms with Crippen molar-refractivity contribution in [2.75, 3.05) is 13.7 Å². The summed E-state index contributed by atoms with van der Waals surface area (Å²) in [6.07, 6.45) is 0.0821. The van der Waals surface area contributed by atoms with Crippen molar-refractivity contribution in [2.24, 2.45) is 0 Å². The second-order valence-electron chi connectivity index (χ2n) is 5.71. The zero-order valence-electron chi connectivity index (χ0n) is 14.3. The summed E-state index contributed by atoms with van der Waals surface area (Å²) in [5.74, 6) is -0.0425. The number of ether oxygens (including phenoxy) is 2. The first kappa shape index (κ1) is 17.9. The molecule has 0 aliphatic carbocycles. The van der Waals surface area contributed by atoms with Crippen LogP contribution < -0.4 is 10.1 Å². The summed E-state index contributed by atoms with van der Waals surface area (Å²) in [5.41, 5.74) is 0. The van der Waals surface area contributed by atoms with Crippen LogP contribution in [0.5, 0.6) is 5.75 Å². The number of fused-ring (bicyclic) bond motifs is 1. The van der Waals surface area contributed by atoms with E-state index in [0.29, 0.717) is 5.75 Å². The van der Waals surface area contributed by atoms with Crippen molar-refractivity contribution >= 4 is 34.0 Å². The number of hydrogen-bond acceptors (Lipinski definition) is 5. The minimum Gasteiger partial charge on any atom is -0.484 e. The third kappa shape index (κ3) is 4.61. The predicted octanol–water partition coefficient (Wildman–Crippen LogP) is 3.70. The average molecular weight is 369 g/mol. The molecule has 1 unspecified atom stereocenters. The number of methoxy groups -OCH3 is 1. The van der Waals surface area contributed by atoms with E-state index in [-0.39, 0.29) is 24.9 Å². The Balaban J connectivity index is 1.61. The van der Waals surface area contributed by atoms with Crippen molar-refractivity contribution in [1.82, 2.24) is 5.32 Å². The number of thiophene rings is 1. The largest absolute Gasteiger partial charge is 0.484 e. The van der Waals surface area contributed by atoms with E-state index in [2.05, 4.69) is 5.32 Å². The maximum atomic E-state index is 12.3. The molecule has 1 heterocycles. The van der Waals surface area contributed by atoms with Crippen LogP contribution in [0.3, 0.4) is 0 Å². The molecule has 0 saturated heterocycles. The fourth-order valence-corrected chi connectivity index (χ4v) is 3.38. The molecule has 6 heteroatoms. The normalized spacial score (nSPS) is 11.7. The quantitative estimate of drug-likeness (QED) is 0.645. The lowest BCUT2D eigenvalue weighted by molar-refractivity contribution is -0.141. The second-order valence-corrected chi connectivity index (χ2v) is 6.69. The molecule has 0 radical (unpaired) electrons. The van der Waals surface area contributed by atoms with Gasteiger partial charge in [-0.3, -0.25) is 9.59 Å². The minimum absolute atomic E-state index is 0.0821. The van der Waals surface area contributed by atoms with Gasteiger partial charge in [0.05, 0.1) is 19.6 Å². The van der Waals surface area contributed by atoms with Crippen LogP contribution in [0.4, 0.5) is 0 Å². The highest BCUT2D eigenvalue weighted by Crippen LogP contribution is 2.23. The van der Waals surface area contributed by atoms with Gasteiger partial charge in [-0.15, -0.1) is 11.3 Å². The van der Waals surface area contributed by atoms with Crippen LogP contribution in [0.2, 0.25) is 0 Å². The fourth-order valence-electron chi connectivity index (χ4n) is 2.60. The topological polar surface area (TPSA) is 64.6 Å². The summed E-state index contributed by atoms with van der Waals surface area (Å²) in [4.78, 5) is 24.8. The van der Waals surface area contributed by atoms with Crippen molar-refractivity contribution in [3.63, 3.8) is 0 Å². The molecule has 2 aromatic carbocycles. The Bertz CT molecular complexity index is 892. The van der Waals surface area contributed by atoms with Gasteiger partial charge in [0, 0.05) is 4.88 Å². The van der Waals surface area contributed by atoms with Gasteiger partial charge in [-0.25, -0.2) is 0 Å². The number of carbonyl (C=O) groups is 2. The molecule has 1 N–H and O–H groups in total. The first-order valence-electron chi connectivity index (χ1n) is 8.17. The standard InChI is InChI=1S/C20H19NO4S/c1-24-20(23)12-17(18-7-4-10-26-18)21-19(22)13-25-16-9-8-14-5-2-3-6-15(14)11-16/h2-11,17H,12-13H2,1H3,(H,21,22). The third-order valence-corrected chi connectivity index (χ3v) is 4.90. The Hall–Kier alpha value is -2.86. The third-order valence-electron chi connectivity index (χ3n) is 3.91. The molecule has 1 atom stereocenters. The Kier molecular flexibility index (Phi) is 5.86. The number of esters is 1. The van der Waals surface area contributed by atoms with Crippen molar-refractivity contribution in [1.29, 1.82) is 0 Å². The molecule has 0 aliphatic heterocycles. The zero-order valence-corrected chi connectivity index (χ0v) is 15.1. The Morgan fingerprint density at radius 2 is 1.88 bits per heavy atom. The van der Waals surface area contributed by atoms with Gasteiger partial charge in [0.25, 0.3) is 5.91 Å². The summed E-state index contributed by atoms with van der Waals surface area (Å²) in [6.45, 7) is -0.124. The zero-order chi connectivity index (χ0) is 18.4. The Labute approximate surface area is 155 Å². The molecule has 26 heavy (non-hydrogen) atoms. The predicted molar refractivity (Wildman–Crippen MR) is 101 cm³/mol. The second kappa shape index (κ2) is 8.49. The van der Waals surface area contributed by atoms with Crippen LogP contribution in [0.15, 0.2) is 60.0 Å². The van der Waals surface area contributed by atoms with Crippen LogP contribution in [0, 0.1) is 0 Å². The van der Waals surface area contributed by atoms with Gasteiger partial charge in [-0.2, -0.15) is 0 Å². The smallest absolute Gasteiger partial charge is 0.307 e. The maximum Gasteiger partial charge on any atom is 0.307 e. The fraction of sp³-hybridized carbons (Fsp3) is 0.200. The van der Waals surface area contributed by atoms with Crippen molar-refractivity contribution in [3.05, 3.63) is 64.9 Å². The maximum absolute atomic E-state index is 12.3. The SMILES string of the molecule is COC(=O)CC(NC(=O)COc1ccc2ccccc2c1)c1cccs1. The molecule has 0 saturated carbocycles. The van der Waals surface area contributed by atoms with Gasteiger partial charge < -0.3 is 14.8 Å². The number of rotatable bonds is 7. The Morgan fingerprint density at radius 1 is 1.08 bits per heavy atom. The van der Waals surface area contributed by atoms with Crippen molar-refractivity contribution < 1.29 is 19.1 Å². The molecule has 1 amide bonds. The van der Waals surface area contributed by atoms with E-state index >= 15 is 0 Å². The lowest BCUT2D eigenvalue weighted by atomic mass is 10.1. The molecule has 5 nitrogen and oxygen atoms in total. The highest BCUT2D eigenvalue weighted by atomic mass is 32.1. The number of nitrogens with one attached hydrogen (secondary N) is 1. The van der Waals surface area contributed by atoms with Crippen LogP contribution in [0.25, 0.3) is 10.8 Å². The molecule has 0 spiro atoms. The van der Waals surface area contributed by atoms with E-state index in [1.807, 2.05) is 60.0 Å². The molecule has 0 aliphatic rings. The van der Waals surface area contributed by atoms with Gasteiger partial charge in [0.2, 0.25) is 0 Å². The van der Waals surface area contributed by atoms with Gasteiger partial charge >= 0.3 is 5.97 Å². The van der Waals surface area contributed by atoms with E-state index in [9.17, 15) is 9.59 Å². The molecule has 1 aromatic heterocycles. The summed E-state index contributed by atoms with van der Waals surface area (Å²) >= 11 is 1.48. The minimum atomic E-state index is -0.421. The number of carbonyl (C=O) groups excluding carboxylic acids is 2. The lowest BCUT2D eigenvalue weighted by Crippen LogP contribution is -2.33. The van der Waals surface area contributed by atoms with E-state index in [1.54, 1.807) is 0 Å². The van der Waals surface area contributed by atoms with Crippen LogP contribution in [0.1, 0.15) is 17.3 Å². The van der Waals surface area contributed by atoms with E-state index in [1.165, 1.54) is 18.4 Å². The Morgan fingerprint density at radius 3 is 2.62 bits per heavy atom. The van der Waals surface area contributed by atoms with Gasteiger partial charge in [0.1, 0.15) is 5.75 Å². The van der Waals surface area contributed by atoms with E-state index < -0.39 is 6.04 Å². The molecule has 134 valence electrons. The van der Waals surface area contributed by atoms with Crippen molar-refractivity contribution in [2.45, 2.75) is 12.5 Å². The molecule has 0 bridgehead atoms. The summed E-state index contributed by atoms with van der Waals surface area (Å²) in [6, 6.07) is 17.0. The number of benzene rings is 2. The first-order chi connectivity index (χ1) is 12.7. The summed E-state index contributed by atoms with van der Waals surface area (Å²) in [5, 5.41) is 6.90. The van der Waals surface area contributed by atoms with Gasteiger partial charge in [-0.05, 0) is 34.4 Å². The van der Waals surface area contributed by atoms with E-state index in [4.69, 9.17) is 9.47 Å². The number of amides is 1. The molecular formula is C20H19NO4S. The van der Waals surface area contributed by atoms with Crippen LogP contribution in [-0.2, 0) is 14.3 Å². The van der Waals surface area contributed by atoms with Gasteiger partial charge in [0.15, 0.2) is 6.61 Å². The van der Waals surface area contributed by atoms with Crippen LogP contribution >= 0.6 is 11.3 Å². The lowest BCUT2D eigenvalue weighted by Gasteiger charge is -2.16. The molecule has 3 aromatic rings. The average Bonchev–Trinajstić information content (AvgIpc) is 3.20. The van der Waals surface area contributed by atoms with Crippen molar-refractivity contribution in [3.8, 4) is 5.75 Å². The highest BCUT2D eigenvalue weighted by molar-refractivity contribution is 7.10. The highest BCUT2D eigenvalue weighted by Gasteiger charge is 2.20. The number of hydrogen-bond donors (Lipinski definition) is 1. The van der Waals surface area contributed by atoms with Crippen LogP contribution in [-0.4, -0.2) is 25.6 Å². The monoisotopic (exact) mass is 369 g/mol. The molecule has 0 fully saturated rings. The van der Waals surface area contributed by atoms with E-state index in [0.717, 1.165) is 15.6 Å². The molecular weight excluding hydrogens is 350 g/mol. The summed E-state index contributed by atoms with van der Waals surface area (Å²) < 4.78 is 10.3. The first-order valence-corrected chi connectivity index (χ1v) is 9.05. The molecule has 3 rings (SSSR count). The summed E-state index contributed by atoms with van der Waals surface area (Å²) in [7, 11) is 1.33.